The van der Waals surface area contributed by atoms with Gasteiger partial charge in [-0.1, -0.05) is 15.9 Å². The van der Waals surface area contributed by atoms with Crippen molar-refractivity contribution in [3.05, 3.63) is 27.7 Å². The molecule has 0 fully saturated rings. The Morgan fingerprint density at radius 1 is 1.47 bits per heavy atom. The first-order valence-corrected chi connectivity index (χ1v) is 6.30. The van der Waals surface area contributed by atoms with Gasteiger partial charge in [0.25, 0.3) is 6.43 Å². The fraction of sp³-hybridized carbons (Fsp3) is 0.500. The Morgan fingerprint density at radius 3 is 2.88 bits per heavy atom. The SMILES string of the molecule is CNC(Cc1cc(Br)cc2c1OCC2)C(F)F. The van der Waals surface area contributed by atoms with Gasteiger partial charge < -0.3 is 10.1 Å². The molecule has 0 saturated carbocycles. The number of halogens is 3. The Balaban J connectivity index is 2.26. The fourth-order valence-corrected chi connectivity index (χ4v) is 2.60. The molecule has 0 spiro atoms. The molecule has 1 heterocycles. The molecular weight excluding hydrogens is 292 g/mol. The molecule has 1 atom stereocenters. The predicted octanol–water partition coefficient (Wildman–Crippen LogP) is 2.78. The van der Waals surface area contributed by atoms with Crippen LogP contribution in [0.4, 0.5) is 8.78 Å². The lowest BCUT2D eigenvalue weighted by Gasteiger charge is -2.17. The van der Waals surface area contributed by atoms with Gasteiger partial charge in [0, 0.05) is 10.9 Å². The zero-order valence-electron chi connectivity index (χ0n) is 9.47. The molecule has 5 heteroatoms. The van der Waals surface area contributed by atoms with E-state index in [1.165, 1.54) is 0 Å². The lowest BCUT2D eigenvalue weighted by atomic mass is 10.0. The van der Waals surface area contributed by atoms with Gasteiger partial charge in [0.15, 0.2) is 0 Å². The van der Waals surface area contributed by atoms with Crippen molar-refractivity contribution >= 4 is 15.9 Å². The van der Waals surface area contributed by atoms with E-state index >= 15 is 0 Å². The summed E-state index contributed by atoms with van der Waals surface area (Å²) in [7, 11) is 1.55. The third-order valence-corrected chi connectivity index (χ3v) is 3.40. The van der Waals surface area contributed by atoms with E-state index in [1.807, 2.05) is 12.1 Å². The molecule has 1 aliphatic heterocycles. The number of ether oxygens (including phenoxy) is 1. The molecule has 2 nitrogen and oxygen atoms in total. The van der Waals surface area contributed by atoms with E-state index in [0.717, 1.165) is 27.8 Å². The van der Waals surface area contributed by atoms with Gasteiger partial charge in [-0.25, -0.2) is 8.78 Å². The van der Waals surface area contributed by atoms with E-state index in [4.69, 9.17) is 4.74 Å². The molecular formula is C12H14BrF2NO. The monoisotopic (exact) mass is 305 g/mol. The first-order valence-electron chi connectivity index (χ1n) is 5.51. The van der Waals surface area contributed by atoms with Crippen LogP contribution < -0.4 is 10.1 Å². The predicted molar refractivity (Wildman–Crippen MR) is 65.9 cm³/mol. The highest BCUT2D eigenvalue weighted by molar-refractivity contribution is 9.10. The minimum Gasteiger partial charge on any atom is -0.493 e. The summed E-state index contributed by atoms with van der Waals surface area (Å²) in [6.45, 7) is 0.637. The maximum atomic E-state index is 12.7. The molecule has 1 aromatic rings. The van der Waals surface area contributed by atoms with Gasteiger partial charge in [-0.3, -0.25) is 0 Å². The van der Waals surface area contributed by atoms with Gasteiger partial charge in [-0.2, -0.15) is 0 Å². The zero-order valence-corrected chi connectivity index (χ0v) is 11.1. The Bertz CT molecular complexity index is 412. The first kappa shape index (κ1) is 12.8. The molecule has 17 heavy (non-hydrogen) atoms. The highest BCUT2D eigenvalue weighted by Crippen LogP contribution is 2.34. The number of nitrogens with one attached hydrogen (secondary N) is 1. The van der Waals surface area contributed by atoms with Crippen LogP contribution in [0.25, 0.3) is 0 Å². The van der Waals surface area contributed by atoms with Crippen molar-refractivity contribution in [1.29, 1.82) is 0 Å². The second-order valence-electron chi connectivity index (χ2n) is 4.09. The van der Waals surface area contributed by atoms with Gasteiger partial charge in [0.05, 0.1) is 12.6 Å². The molecule has 0 saturated heterocycles. The van der Waals surface area contributed by atoms with Crippen LogP contribution in [-0.2, 0) is 12.8 Å². The fourth-order valence-electron chi connectivity index (χ4n) is 2.05. The van der Waals surface area contributed by atoms with Gasteiger partial charge in [0.2, 0.25) is 0 Å². The van der Waals surface area contributed by atoms with Crippen LogP contribution in [0, 0.1) is 0 Å². The van der Waals surface area contributed by atoms with E-state index in [9.17, 15) is 8.78 Å². The van der Waals surface area contributed by atoms with E-state index in [-0.39, 0.29) is 6.42 Å². The van der Waals surface area contributed by atoms with Gasteiger partial charge in [0.1, 0.15) is 5.75 Å². The number of benzene rings is 1. The highest BCUT2D eigenvalue weighted by atomic mass is 79.9. The summed E-state index contributed by atoms with van der Waals surface area (Å²) in [5, 5.41) is 2.64. The summed E-state index contributed by atoms with van der Waals surface area (Å²) in [5.41, 5.74) is 1.94. The van der Waals surface area contributed by atoms with E-state index in [0.29, 0.717) is 6.61 Å². The van der Waals surface area contributed by atoms with Crippen molar-refractivity contribution < 1.29 is 13.5 Å². The molecule has 0 amide bonds. The van der Waals surface area contributed by atoms with Crippen molar-refractivity contribution in [2.45, 2.75) is 25.3 Å². The highest BCUT2D eigenvalue weighted by Gasteiger charge is 2.23. The molecule has 1 aromatic carbocycles. The maximum absolute atomic E-state index is 12.7. The normalized spacial score (nSPS) is 15.8. The molecule has 1 unspecified atom stereocenters. The quantitative estimate of drug-likeness (QED) is 0.923. The van der Waals surface area contributed by atoms with Crippen LogP contribution in [0.3, 0.4) is 0 Å². The average molecular weight is 306 g/mol. The molecule has 1 aliphatic rings. The number of rotatable bonds is 4. The summed E-state index contributed by atoms with van der Waals surface area (Å²) >= 11 is 3.40. The number of fused-ring (bicyclic) bond motifs is 1. The topological polar surface area (TPSA) is 21.3 Å². The van der Waals surface area contributed by atoms with Crippen LogP contribution in [0.2, 0.25) is 0 Å². The molecule has 1 N–H and O–H groups in total. The molecule has 2 rings (SSSR count). The number of alkyl halides is 2. The van der Waals surface area contributed by atoms with Crippen molar-refractivity contribution in [1.82, 2.24) is 5.32 Å². The van der Waals surface area contributed by atoms with E-state index in [1.54, 1.807) is 7.05 Å². The number of likely N-dealkylation sites (N-methyl/N-ethyl adjacent to an activating group) is 1. The lowest BCUT2D eigenvalue weighted by molar-refractivity contribution is 0.102. The van der Waals surface area contributed by atoms with E-state index in [2.05, 4.69) is 21.2 Å². The second kappa shape index (κ2) is 5.31. The Hall–Kier alpha value is -0.680. The minimum absolute atomic E-state index is 0.274. The smallest absolute Gasteiger partial charge is 0.254 e. The molecule has 0 radical (unpaired) electrons. The van der Waals surface area contributed by atoms with Gasteiger partial charge in [-0.15, -0.1) is 0 Å². The number of hydrogen-bond acceptors (Lipinski definition) is 2. The summed E-state index contributed by atoms with van der Waals surface area (Å²) in [4.78, 5) is 0. The summed E-state index contributed by atoms with van der Waals surface area (Å²) < 4.78 is 31.9. The third-order valence-electron chi connectivity index (χ3n) is 2.94. The Morgan fingerprint density at radius 2 is 2.24 bits per heavy atom. The van der Waals surface area contributed by atoms with Gasteiger partial charge in [-0.05, 0) is 36.7 Å². The Kier molecular flexibility index (Phi) is 3.99. The van der Waals surface area contributed by atoms with Crippen LogP contribution in [-0.4, -0.2) is 26.1 Å². The van der Waals surface area contributed by atoms with Crippen LogP contribution in [0.5, 0.6) is 5.75 Å². The first-order chi connectivity index (χ1) is 8.11. The standard InChI is InChI=1S/C12H14BrF2NO/c1-16-10(12(14)15)6-8-5-9(13)4-7-2-3-17-11(7)8/h4-5,10,12,16H,2-3,6H2,1H3. The molecule has 0 bridgehead atoms. The minimum atomic E-state index is -2.38. The molecule has 0 aliphatic carbocycles. The van der Waals surface area contributed by atoms with Crippen LogP contribution >= 0.6 is 15.9 Å². The van der Waals surface area contributed by atoms with Crippen LogP contribution in [0.15, 0.2) is 16.6 Å². The lowest BCUT2D eigenvalue weighted by Crippen LogP contribution is -2.34. The van der Waals surface area contributed by atoms with Crippen molar-refractivity contribution in [2.24, 2.45) is 0 Å². The largest absolute Gasteiger partial charge is 0.493 e. The average Bonchev–Trinajstić information content (AvgIpc) is 2.72. The zero-order chi connectivity index (χ0) is 12.4. The van der Waals surface area contributed by atoms with Crippen molar-refractivity contribution in [3.63, 3.8) is 0 Å². The van der Waals surface area contributed by atoms with Crippen molar-refractivity contribution in [3.8, 4) is 5.75 Å². The summed E-state index contributed by atoms with van der Waals surface area (Å²) in [6.07, 6.45) is -1.26. The summed E-state index contributed by atoms with van der Waals surface area (Å²) in [6, 6.07) is 3.01. The maximum Gasteiger partial charge on any atom is 0.254 e. The van der Waals surface area contributed by atoms with Crippen molar-refractivity contribution in [2.75, 3.05) is 13.7 Å². The number of hydrogen-bond donors (Lipinski definition) is 1. The molecule has 0 aromatic heterocycles. The summed E-state index contributed by atoms with van der Waals surface area (Å²) in [5.74, 6) is 0.786. The molecule has 94 valence electrons. The Labute approximate surface area is 107 Å². The van der Waals surface area contributed by atoms with Crippen LogP contribution in [0.1, 0.15) is 11.1 Å². The third kappa shape index (κ3) is 2.77. The van der Waals surface area contributed by atoms with E-state index < -0.39 is 12.5 Å². The van der Waals surface area contributed by atoms with Gasteiger partial charge >= 0.3 is 0 Å². The second-order valence-corrected chi connectivity index (χ2v) is 5.00.